The van der Waals surface area contributed by atoms with Crippen molar-refractivity contribution in [3.05, 3.63) is 28.8 Å². The van der Waals surface area contributed by atoms with Gasteiger partial charge in [0.2, 0.25) is 0 Å². The van der Waals surface area contributed by atoms with E-state index in [1.54, 1.807) is 13.0 Å². The van der Waals surface area contributed by atoms with Crippen molar-refractivity contribution >= 4 is 23.4 Å². The van der Waals surface area contributed by atoms with Gasteiger partial charge in [0, 0.05) is 0 Å². The van der Waals surface area contributed by atoms with E-state index in [2.05, 4.69) is 26.1 Å². The van der Waals surface area contributed by atoms with Gasteiger partial charge in [-0.15, -0.1) is 0 Å². The molecule has 0 saturated heterocycles. The Hall–Kier alpha value is -1.22. The van der Waals surface area contributed by atoms with E-state index in [-0.39, 0.29) is 5.41 Å². The number of amides is 1. The molecule has 0 aliphatic rings. The number of nitrogens with one attached hydrogen (secondary N) is 1. The number of benzene rings is 1. The molecule has 0 saturated carbocycles. The molecule has 1 amide bonds. The van der Waals surface area contributed by atoms with Gasteiger partial charge >= 0.3 is 6.09 Å². The smallest absolute Gasteiger partial charge is 0.411 e. The zero-order chi connectivity index (χ0) is 13.1. The zero-order valence-corrected chi connectivity index (χ0v) is 11.4. The lowest BCUT2D eigenvalue weighted by molar-refractivity contribution is 0.168. The van der Waals surface area contributed by atoms with Gasteiger partial charge in [0.15, 0.2) is 0 Å². The molecule has 0 bridgehead atoms. The molecule has 1 rings (SSSR count). The van der Waals surface area contributed by atoms with Crippen molar-refractivity contribution in [3.63, 3.8) is 0 Å². The van der Waals surface area contributed by atoms with Crippen molar-refractivity contribution in [2.75, 3.05) is 11.9 Å². The molecule has 17 heavy (non-hydrogen) atoms. The van der Waals surface area contributed by atoms with Crippen LogP contribution in [0.15, 0.2) is 18.2 Å². The van der Waals surface area contributed by atoms with Gasteiger partial charge < -0.3 is 4.74 Å². The topological polar surface area (TPSA) is 38.3 Å². The van der Waals surface area contributed by atoms with Crippen LogP contribution in [-0.2, 0) is 10.2 Å². The van der Waals surface area contributed by atoms with Crippen molar-refractivity contribution in [2.45, 2.75) is 33.1 Å². The third kappa shape index (κ3) is 3.93. The molecule has 94 valence electrons. The number of halogens is 1. The fraction of sp³-hybridized carbons (Fsp3) is 0.462. The van der Waals surface area contributed by atoms with E-state index >= 15 is 0 Å². The minimum atomic E-state index is -0.488. The fourth-order valence-electron chi connectivity index (χ4n) is 1.36. The van der Waals surface area contributed by atoms with E-state index in [0.717, 1.165) is 5.56 Å². The summed E-state index contributed by atoms with van der Waals surface area (Å²) in [6.45, 7) is 8.42. The molecule has 0 radical (unpaired) electrons. The molecule has 1 N–H and O–H groups in total. The van der Waals surface area contributed by atoms with Crippen LogP contribution < -0.4 is 5.32 Å². The molecule has 0 aromatic heterocycles. The van der Waals surface area contributed by atoms with Gasteiger partial charge in [-0.25, -0.2) is 4.79 Å². The minimum Gasteiger partial charge on any atom is -0.450 e. The Morgan fingerprint density at radius 2 is 2.06 bits per heavy atom. The summed E-state index contributed by atoms with van der Waals surface area (Å²) in [4.78, 5) is 11.3. The van der Waals surface area contributed by atoms with Gasteiger partial charge in [0.1, 0.15) is 0 Å². The van der Waals surface area contributed by atoms with Crippen LogP contribution in [0.2, 0.25) is 5.02 Å². The van der Waals surface area contributed by atoms with Crippen LogP contribution in [0.5, 0.6) is 0 Å². The first kappa shape index (κ1) is 13.8. The summed E-state index contributed by atoms with van der Waals surface area (Å²) < 4.78 is 4.79. The Kier molecular flexibility index (Phi) is 4.40. The normalized spacial score (nSPS) is 11.1. The van der Waals surface area contributed by atoms with Crippen molar-refractivity contribution in [1.29, 1.82) is 0 Å². The molecule has 0 atom stereocenters. The van der Waals surface area contributed by atoms with Crippen LogP contribution in [0.4, 0.5) is 10.5 Å². The molecule has 0 spiro atoms. The van der Waals surface area contributed by atoms with Gasteiger partial charge in [-0.1, -0.05) is 38.4 Å². The summed E-state index contributed by atoms with van der Waals surface area (Å²) in [5.41, 5.74) is 1.72. The molecule has 3 nitrogen and oxygen atoms in total. The number of carbonyl (C=O) groups excluding carboxylic acids is 1. The van der Waals surface area contributed by atoms with Gasteiger partial charge in [0.05, 0.1) is 17.3 Å². The first-order valence-electron chi connectivity index (χ1n) is 5.58. The van der Waals surface area contributed by atoms with Crippen LogP contribution in [0, 0.1) is 0 Å². The lowest BCUT2D eigenvalue weighted by atomic mass is 9.87. The maximum absolute atomic E-state index is 11.3. The van der Waals surface area contributed by atoms with E-state index in [1.165, 1.54) is 0 Å². The molecule has 4 heteroatoms. The van der Waals surface area contributed by atoms with Crippen molar-refractivity contribution in [1.82, 2.24) is 0 Å². The Bertz CT molecular complexity index is 410. The predicted octanol–water partition coefficient (Wildman–Crippen LogP) is 4.21. The molecule has 0 unspecified atom stereocenters. The van der Waals surface area contributed by atoms with Gasteiger partial charge in [-0.2, -0.15) is 0 Å². The molecule has 0 aliphatic heterocycles. The average molecular weight is 256 g/mol. The second kappa shape index (κ2) is 5.41. The lowest BCUT2D eigenvalue weighted by Gasteiger charge is -2.20. The summed E-state index contributed by atoms with van der Waals surface area (Å²) in [6, 6.07) is 5.61. The standard InChI is InChI=1S/C13H18ClNO2/c1-5-17-12(16)15-11-7-6-9(8-10(11)14)13(2,3)4/h6-8H,5H2,1-4H3,(H,15,16). The minimum absolute atomic E-state index is 0.0338. The zero-order valence-electron chi connectivity index (χ0n) is 10.6. The second-order valence-corrected chi connectivity index (χ2v) is 5.20. The van der Waals surface area contributed by atoms with Gasteiger partial charge in [-0.05, 0) is 30.0 Å². The number of rotatable bonds is 2. The third-order valence-corrected chi connectivity index (χ3v) is 2.66. The van der Waals surface area contributed by atoms with E-state index in [1.807, 2.05) is 12.1 Å². The number of anilines is 1. The quantitative estimate of drug-likeness (QED) is 0.860. The predicted molar refractivity (Wildman–Crippen MR) is 70.8 cm³/mol. The maximum atomic E-state index is 11.3. The molecule has 1 aromatic carbocycles. The van der Waals surface area contributed by atoms with Gasteiger partial charge in [0.25, 0.3) is 0 Å². The highest BCUT2D eigenvalue weighted by Crippen LogP contribution is 2.29. The van der Waals surface area contributed by atoms with Gasteiger partial charge in [-0.3, -0.25) is 5.32 Å². The van der Waals surface area contributed by atoms with E-state index < -0.39 is 6.09 Å². The third-order valence-electron chi connectivity index (χ3n) is 2.35. The lowest BCUT2D eigenvalue weighted by Crippen LogP contribution is -2.15. The summed E-state index contributed by atoms with van der Waals surface area (Å²) in [5, 5.41) is 3.12. The highest BCUT2D eigenvalue weighted by atomic mass is 35.5. The van der Waals surface area contributed by atoms with Crippen LogP contribution in [-0.4, -0.2) is 12.7 Å². The fourth-order valence-corrected chi connectivity index (χ4v) is 1.59. The molecule has 0 aliphatic carbocycles. The summed E-state index contributed by atoms with van der Waals surface area (Å²) in [7, 11) is 0. The first-order valence-corrected chi connectivity index (χ1v) is 5.96. The van der Waals surface area contributed by atoms with E-state index in [4.69, 9.17) is 16.3 Å². The number of hydrogen-bond donors (Lipinski definition) is 1. The monoisotopic (exact) mass is 255 g/mol. The van der Waals surface area contributed by atoms with Crippen molar-refractivity contribution in [2.24, 2.45) is 0 Å². The Labute approximate surface area is 107 Å². The molecule has 0 heterocycles. The SMILES string of the molecule is CCOC(=O)Nc1ccc(C(C)(C)C)cc1Cl. The van der Waals surface area contributed by atoms with Crippen LogP contribution in [0.25, 0.3) is 0 Å². The number of hydrogen-bond acceptors (Lipinski definition) is 2. The molecule has 1 aromatic rings. The highest BCUT2D eigenvalue weighted by molar-refractivity contribution is 6.33. The Balaban J connectivity index is 2.87. The summed E-state index contributed by atoms with van der Waals surface area (Å²) >= 11 is 6.11. The number of carbonyl (C=O) groups is 1. The average Bonchev–Trinajstić information content (AvgIpc) is 2.20. The van der Waals surface area contributed by atoms with E-state index in [9.17, 15) is 4.79 Å². The molecular formula is C13H18ClNO2. The molecular weight excluding hydrogens is 238 g/mol. The highest BCUT2D eigenvalue weighted by Gasteiger charge is 2.15. The maximum Gasteiger partial charge on any atom is 0.411 e. The molecule has 0 fully saturated rings. The van der Waals surface area contributed by atoms with Crippen LogP contribution in [0.3, 0.4) is 0 Å². The summed E-state index contributed by atoms with van der Waals surface area (Å²) in [6.07, 6.45) is -0.488. The van der Waals surface area contributed by atoms with Crippen molar-refractivity contribution in [3.8, 4) is 0 Å². The van der Waals surface area contributed by atoms with Crippen LogP contribution >= 0.6 is 11.6 Å². The first-order chi connectivity index (χ1) is 7.84. The largest absolute Gasteiger partial charge is 0.450 e. The summed E-state index contributed by atoms with van der Waals surface area (Å²) in [5.74, 6) is 0. The number of ether oxygens (including phenoxy) is 1. The Morgan fingerprint density at radius 1 is 1.41 bits per heavy atom. The van der Waals surface area contributed by atoms with Crippen LogP contribution in [0.1, 0.15) is 33.3 Å². The second-order valence-electron chi connectivity index (χ2n) is 4.79. The Morgan fingerprint density at radius 3 is 2.53 bits per heavy atom. The van der Waals surface area contributed by atoms with E-state index in [0.29, 0.717) is 17.3 Å². The van der Waals surface area contributed by atoms with Crippen molar-refractivity contribution < 1.29 is 9.53 Å².